The lowest BCUT2D eigenvalue weighted by Crippen LogP contribution is -2.18. The fraction of sp³-hybridized carbons (Fsp3) is 0.500. The standard InChI is InChI=1S/C12H15F4NO.ClH/c1-7(2)5-10(17)8-3-4-11(9(13)6-8)18-12(14,15)16;/h3-4,6-7,10H,5,17H2,1-2H3;1H/t10-;/m1./s1. The SMILES string of the molecule is CC(C)C[C@@H](N)c1ccc(OC(F)(F)F)c(F)c1.Cl. The minimum absolute atomic E-state index is 0. The number of halogens is 5. The van der Waals surface area contributed by atoms with E-state index >= 15 is 0 Å². The van der Waals surface area contributed by atoms with E-state index in [2.05, 4.69) is 4.74 Å². The molecule has 0 saturated carbocycles. The molecule has 0 amide bonds. The van der Waals surface area contributed by atoms with Crippen LogP contribution in [0.5, 0.6) is 5.75 Å². The van der Waals surface area contributed by atoms with Crippen LogP contribution < -0.4 is 10.5 Å². The van der Waals surface area contributed by atoms with Crippen LogP contribution in [0.15, 0.2) is 18.2 Å². The summed E-state index contributed by atoms with van der Waals surface area (Å²) in [5.74, 6) is -1.60. The molecule has 0 aliphatic carbocycles. The molecule has 0 fully saturated rings. The summed E-state index contributed by atoms with van der Waals surface area (Å²) in [5, 5.41) is 0. The Balaban J connectivity index is 0.00000324. The van der Waals surface area contributed by atoms with Crippen LogP contribution in [0.3, 0.4) is 0 Å². The zero-order valence-electron chi connectivity index (χ0n) is 10.5. The van der Waals surface area contributed by atoms with Crippen molar-refractivity contribution in [3.8, 4) is 5.75 Å². The van der Waals surface area contributed by atoms with E-state index in [0.717, 1.165) is 12.1 Å². The highest BCUT2D eigenvalue weighted by molar-refractivity contribution is 5.85. The molecule has 0 saturated heterocycles. The first kappa shape index (κ1) is 18.0. The monoisotopic (exact) mass is 301 g/mol. The van der Waals surface area contributed by atoms with Gasteiger partial charge < -0.3 is 10.5 Å². The molecule has 1 atom stereocenters. The molecule has 0 unspecified atom stereocenters. The molecule has 7 heteroatoms. The number of ether oxygens (including phenoxy) is 1. The molecule has 0 spiro atoms. The number of benzene rings is 1. The number of nitrogens with two attached hydrogens (primary N) is 1. The van der Waals surface area contributed by atoms with Crippen molar-refractivity contribution in [3.05, 3.63) is 29.6 Å². The minimum Gasteiger partial charge on any atom is -0.403 e. The summed E-state index contributed by atoms with van der Waals surface area (Å²) < 4.78 is 52.7. The molecular formula is C12H16ClF4NO. The summed E-state index contributed by atoms with van der Waals surface area (Å²) in [7, 11) is 0. The zero-order chi connectivity index (χ0) is 13.9. The lowest BCUT2D eigenvalue weighted by molar-refractivity contribution is -0.275. The van der Waals surface area contributed by atoms with Crippen LogP contribution in [-0.2, 0) is 0 Å². The maximum absolute atomic E-state index is 13.4. The van der Waals surface area contributed by atoms with Crippen molar-refractivity contribution in [1.82, 2.24) is 0 Å². The second kappa shape index (κ2) is 6.96. The molecule has 2 N–H and O–H groups in total. The Bertz CT molecular complexity index is 409. The first-order valence-electron chi connectivity index (χ1n) is 5.50. The first-order valence-corrected chi connectivity index (χ1v) is 5.50. The van der Waals surface area contributed by atoms with Gasteiger partial charge in [-0.25, -0.2) is 4.39 Å². The molecule has 1 aromatic rings. The molecule has 0 aromatic heterocycles. The van der Waals surface area contributed by atoms with Crippen molar-refractivity contribution in [2.75, 3.05) is 0 Å². The number of rotatable bonds is 4. The van der Waals surface area contributed by atoms with Gasteiger partial charge in [-0.15, -0.1) is 25.6 Å². The van der Waals surface area contributed by atoms with Gasteiger partial charge in [-0.2, -0.15) is 0 Å². The van der Waals surface area contributed by atoms with Crippen molar-refractivity contribution in [2.24, 2.45) is 11.7 Å². The fourth-order valence-corrected chi connectivity index (χ4v) is 1.60. The van der Waals surface area contributed by atoms with E-state index in [-0.39, 0.29) is 12.4 Å². The molecule has 2 nitrogen and oxygen atoms in total. The summed E-state index contributed by atoms with van der Waals surface area (Å²) >= 11 is 0. The van der Waals surface area contributed by atoms with Gasteiger partial charge >= 0.3 is 6.36 Å². The van der Waals surface area contributed by atoms with Gasteiger partial charge in [0.2, 0.25) is 0 Å². The summed E-state index contributed by atoms with van der Waals surface area (Å²) in [4.78, 5) is 0. The van der Waals surface area contributed by atoms with Gasteiger partial charge in [0, 0.05) is 6.04 Å². The molecular weight excluding hydrogens is 286 g/mol. The van der Waals surface area contributed by atoms with Crippen molar-refractivity contribution in [2.45, 2.75) is 32.7 Å². The molecule has 0 aliphatic rings. The third kappa shape index (κ3) is 6.11. The maximum atomic E-state index is 13.4. The first-order chi connectivity index (χ1) is 8.19. The Morgan fingerprint density at radius 1 is 1.26 bits per heavy atom. The van der Waals surface area contributed by atoms with Crippen LogP contribution in [0.4, 0.5) is 17.6 Å². The van der Waals surface area contributed by atoms with E-state index in [0.29, 0.717) is 17.9 Å². The number of hydrogen-bond acceptors (Lipinski definition) is 2. The lowest BCUT2D eigenvalue weighted by atomic mass is 9.98. The molecule has 110 valence electrons. The van der Waals surface area contributed by atoms with Gasteiger partial charge in [-0.1, -0.05) is 19.9 Å². The van der Waals surface area contributed by atoms with Gasteiger partial charge in [-0.05, 0) is 30.0 Å². The van der Waals surface area contributed by atoms with Gasteiger partial charge in [0.25, 0.3) is 0 Å². The van der Waals surface area contributed by atoms with Gasteiger partial charge in [0.05, 0.1) is 0 Å². The van der Waals surface area contributed by atoms with Crippen LogP contribution in [0, 0.1) is 11.7 Å². The second-order valence-electron chi connectivity index (χ2n) is 4.47. The molecule has 0 heterocycles. The Morgan fingerprint density at radius 3 is 2.26 bits per heavy atom. The normalized spacial score (nSPS) is 13.1. The van der Waals surface area contributed by atoms with Crippen molar-refractivity contribution < 1.29 is 22.3 Å². The van der Waals surface area contributed by atoms with Crippen molar-refractivity contribution in [3.63, 3.8) is 0 Å². The molecule has 0 bridgehead atoms. The van der Waals surface area contributed by atoms with E-state index < -0.39 is 24.0 Å². The molecule has 1 rings (SSSR count). The molecule has 0 radical (unpaired) electrons. The van der Waals surface area contributed by atoms with Crippen molar-refractivity contribution >= 4 is 12.4 Å². The van der Waals surface area contributed by atoms with E-state index in [1.807, 2.05) is 13.8 Å². The average molecular weight is 302 g/mol. The van der Waals surface area contributed by atoms with Crippen molar-refractivity contribution in [1.29, 1.82) is 0 Å². The zero-order valence-corrected chi connectivity index (χ0v) is 11.3. The van der Waals surface area contributed by atoms with Gasteiger partial charge in [-0.3, -0.25) is 0 Å². The maximum Gasteiger partial charge on any atom is 0.573 e. The van der Waals surface area contributed by atoms with Gasteiger partial charge in [0.15, 0.2) is 11.6 Å². The Hall–Kier alpha value is -1.01. The van der Waals surface area contributed by atoms with Gasteiger partial charge in [0.1, 0.15) is 0 Å². The average Bonchev–Trinajstić information content (AvgIpc) is 2.18. The Morgan fingerprint density at radius 2 is 1.84 bits per heavy atom. The predicted octanol–water partition coefficient (Wildman–Crippen LogP) is 4.19. The smallest absolute Gasteiger partial charge is 0.403 e. The Labute approximate surface area is 115 Å². The molecule has 1 aromatic carbocycles. The lowest BCUT2D eigenvalue weighted by Gasteiger charge is -2.16. The highest BCUT2D eigenvalue weighted by atomic mass is 35.5. The third-order valence-corrected chi connectivity index (χ3v) is 2.34. The summed E-state index contributed by atoms with van der Waals surface area (Å²) in [6.07, 6.45) is -4.28. The number of hydrogen-bond donors (Lipinski definition) is 1. The Kier molecular flexibility index (Phi) is 6.59. The van der Waals surface area contributed by atoms with E-state index in [4.69, 9.17) is 5.73 Å². The van der Waals surface area contributed by atoms with Crippen LogP contribution in [0.25, 0.3) is 0 Å². The minimum atomic E-state index is -4.90. The van der Waals surface area contributed by atoms with Crippen LogP contribution in [0.1, 0.15) is 31.9 Å². The highest BCUT2D eigenvalue weighted by Gasteiger charge is 2.32. The summed E-state index contributed by atoms with van der Waals surface area (Å²) in [6.45, 7) is 3.91. The van der Waals surface area contributed by atoms with E-state index in [1.54, 1.807) is 0 Å². The van der Waals surface area contributed by atoms with Crippen LogP contribution in [-0.4, -0.2) is 6.36 Å². The largest absolute Gasteiger partial charge is 0.573 e. The molecule has 19 heavy (non-hydrogen) atoms. The van der Waals surface area contributed by atoms with E-state index in [9.17, 15) is 17.6 Å². The summed E-state index contributed by atoms with van der Waals surface area (Å²) in [6, 6.07) is 2.86. The quantitative estimate of drug-likeness (QED) is 0.846. The highest BCUT2D eigenvalue weighted by Crippen LogP contribution is 2.28. The number of alkyl halides is 3. The third-order valence-electron chi connectivity index (χ3n) is 2.34. The summed E-state index contributed by atoms with van der Waals surface area (Å²) in [5.41, 5.74) is 6.27. The fourth-order valence-electron chi connectivity index (χ4n) is 1.60. The van der Waals surface area contributed by atoms with Crippen LogP contribution >= 0.6 is 12.4 Å². The van der Waals surface area contributed by atoms with Crippen LogP contribution in [0.2, 0.25) is 0 Å². The molecule has 0 aliphatic heterocycles. The topological polar surface area (TPSA) is 35.2 Å². The predicted molar refractivity (Wildman–Crippen MR) is 66.7 cm³/mol. The second-order valence-corrected chi connectivity index (χ2v) is 4.47. The van der Waals surface area contributed by atoms with E-state index in [1.165, 1.54) is 6.07 Å².